The Hall–Kier alpha value is -2.53. The molecule has 1 amide bonds. The van der Waals surface area contributed by atoms with Gasteiger partial charge in [0.1, 0.15) is 25.7 Å². The average Bonchev–Trinajstić information content (AvgIpc) is 2.95. The minimum absolute atomic E-state index is 0.249. The zero-order chi connectivity index (χ0) is 15.4. The molecule has 0 aliphatic carbocycles. The predicted molar refractivity (Wildman–Crippen MR) is 80.2 cm³/mol. The molecule has 5 heteroatoms. The van der Waals surface area contributed by atoms with Gasteiger partial charge in [-0.3, -0.25) is 4.90 Å². The highest BCUT2D eigenvalue weighted by Crippen LogP contribution is 2.28. The quantitative estimate of drug-likeness (QED) is 0.922. The number of carbonyl (C=O) groups is 1. The van der Waals surface area contributed by atoms with Gasteiger partial charge in [0.25, 0.3) is 0 Å². The lowest BCUT2D eigenvalue weighted by Gasteiger charge is -2.19. The van der Waals surface area contributed by atoms with Crippen molar-refractivity contribution in [1.29, 1.82) is 0 Å². The maximum Gasteiger partial charge on any atom is 0.412 e. The number of benzene rings is 2. The van der Waals surface area contributed by atoms with Gasteiger partial charge in [0.05, 0.1) is 6.04 Å². The lowest BCUT2D eigenvalue weighted by Crippen LogP contribution is -2.28. The third-order valence-corrected chi connectivity index (χ3v) is 3.64. The van der Waals surface area contributed by atoms with Gasteiger partial charge in [-0.05, 0) is 23.3 Å². The van der Waals surface area contributed by atoms with Gasteiger partial charge >= 0.3 is 6.09 Å². The van der Waals surface area contributed by atoms with Crippen LogP contribution in [0.15, 0.2) is 54.6 Å². The first kappa shape index (κ1) is 14.4. The van der Waals surface area contributed by atoms with Gasteiger partial charge in [-0.15, -0.1) is 0 Å². The van der Waals surface area contributed by atoms with Crippen LogP contribution in [-0.2, 0) is 11.3 Å². The number of ether oxygens (including phenoxy) is 2. The Bertz CT molecular complexity index is 627. The highest BCUT2D eigenvalue weighted by Gasteiger charge is 2.33. The van der Waals surface area contributed by atoms with Gasteiger partial charge in [-0.2, -0.15) is 0 Å². The van der Waals surface area contributed by atoms with Gasteiger partial charge < -0.3 is 14.6 Å². The molecule has 1 atom stereocenters. The molecule has 1 fully saturated rings. The van der Waals surface area contributed by atoms with Gasteiger partial charge in [0.15, 0.2) is 0 Å². The van der Waals surface area contributed by atoms with E-state index in [1.807, 2.05) is 54.6 Å². The molecular weight excluding hydrogens is 282 g/mol. The van der Waals surface area contributed by atoms with E-state index >= 15 is 0 Å². The van der Waals surface area contributed by atoms with E-state index in [0.717, 1.165) is 16.9 Å². The number of aliphatic hydroxyl groups is 1. The SMILES string of the molecule is O=C1OCC(c2ccc(OCc3ccccc3)cc2)N1CO. The first-order chi connectivity index (χ1) is 10.8. The second kappa shape index (κ2) is 6.49. The summed E-state index contributed by atoms with van der Waals surface area (Å²) in [5.74, 6) is 0.758. The number of amides is 1. The first-order valence-corrected chi connectivity index (χ1v) is 7.09. The molecule has 0 saturated carbocycles. The van der Waals surface area contributed by atoms with E-state index in [0.29, 0.717) is 6.61 Å². The number of hydrogen-bond donors (Lipinski definition) is 1. The van der Waals surface area contributed by atoms with Crippen molar-refractivity contribution in [2.75, 3.05) is 13.3 Å². The molecule has 1 unspecified atom stereocenters. The van der Waals surface area contributed by atoms with Crippen LogP contribution in [0.2, 0.25) is 0 Å². The maximum absolute atomic E-state index is 11.4. The number of rotatable bonds is 5. The van der Waals surface area contributed by atoms with Crippen LogP contribution in [0.5, 0.6) is 5.75 Å². The molecule has 2 aromatic rings. The summed E-state index contributed by atoms with van der Waals surface area (Å²) < 4.78 is 10.7. The van der Waals surface area contributed by atoms with E-state index in [4.69, 9.17) is 9.47 Å². The van der Waals surface area contributed by atoms with Crippen LogP contribution < -0.4 is 4.74 Å². The molecule has 0 spiro atoms. The predicted octanol–water partition coefficient (Wildman–Crippen LogP) is 2.71. The van der Waals surface area contributed by atoms with Gasteiger partial charge in [0, 0.05) is 0 Å². The van der Waals surface area contributed by atoms with Crippen molar-refractivity contribution in [3.05, 3.63) is 65.7 Å². The minimum atomic E-state index is -0.489. The number of carbonyl (C=O) groups excluding carboxylic acids is 1. The van der Waals surface area contributed by atoms with Crippen LogP contribution in [0.3, 0.4) is 0 Å². The standard InChI is InChI=1S/C17H17NO4/c19-12-18-16(11-22-17(18)20)14-6-8-15(9-7-14)21-10-13-4-2-1-3-5-13/h1-9,16,19H,10-12H2. The Labute approximate surface area is 128 Å². The van der Waals surface area contributed by atoms with Crippen LogP contribution in [0.4, 0.5) is 4.79 Å². The molecule has 1 heterocycles. The average molecular weight is 299 g/mol. The summed E-state index contributed by atoms with van der Waals surface area (Å²) >= 11 is 0. The van der Waals surface area contributed by atoms with Crippen LogP contribution in [0.1, 0.15) is 17.2 Å². The fourth-order valence-electron chi connectivity index (χ4n) is 2.41. The molecule has 22 heavy (non-hydrogen) atoms. The number of cyclic esters (lactones) is 1. The lowest BCUT2D eigenvalue weighted by molar-refractivity contribution is 0.106. The van der Waals surface area contributed by atoms with Gasteiger partial charge in [-0.25, -0.2) is 4.79 Å². The van der Waals surface area contributed by atoms with Crippen molar-refractivity contribution < 1.29 is 19.4 Å². The fraction of sp³-hybridized carbons (Fsp3) is 0.235. The van der Waals surface area contributed by atoms with Crippen LogP contribution in [0.25, 0.3) is 0 Å². The molecule has 1 saturated heterocycles. The second-order valence-electron chi connectivity index (χ2n) is 5.05. The first-order valence-electron chi connectivity index (χ1n) is 7.09. The number of nitrogens with zero attached hydrogens (tertiary/aromatic N) is 1. The van der Waals surface area contributed by atoms with Crippen LogP contribution in [-0.4, -0.2) is 29.4 Å². The molecule has 2 aromatic carbocycles. The molecular formula is C17H17NO4. The van der Waals surface area contributed by atoms with E-state index < -0.39 is 6.09 Å². The third-order valence-electron chi connectivity index (χ3n) is 3.64. The molecule has 5 nitrogen and oxygen atoms in total. The highest BCUT2D eigenvalue weighted by atomic mass is 16.6. The molecule has 0 aromatic heterocycles. The van der Waals surface area contributed by atoms with E-state index in [1.54, 1.807) is 0 Å². The largest absolute Gasteiger partial charge is 0.489 e. The molecule has 0 radical (unpaired) electrons. The molecule has 0 bridgehead atoms. The lowest BCUT2D eigenvalue weighted by atomic mass is 10.1. The number of hydrogen-bond acceptors (Lipinski definition) is 4. The third kappa shape index (κ3) is 3.04. The molecule has 114 valence electrons. The van der Waals surface area contributed by atoms with Crippen LogP contribution >= 0.6 is 0 Å². The van der Waals surface area contributed by atoms with Crippen molar-refractivity contribution in [2.45, 2.75) is 12.6 Å². The summed E-state index contributed by atoms with van der Waals surface area (Å²) in [5, 5.41) is 9.23. The van der Waals surface area contributed by atoms with E-state index in [2.05, 4.69) is 0 Å². The summed E-state index contributed by atoms with van der Waals surface area (Å²) in [5.41, 5.74) is 2.01. The fourth-order valence-corrected chi connectivity index (χ4v) is 2.41. The highest BCUT2D eigenvalue weighted by molar-refractivity contribution is 5.70. The maximum atomic E-state index is 11.4. The van der Waals surface area contributed by atoms with Crippen LogP contribution in [0, 0.1) is 0 Å². The van der Waals surface area contributed by atoms with Gasteiger partial charge in [0.2, 0.25) is 0 Å². The summed E-state index contributed by atoms with van der Waals surface area (Å²) in [6.45, 7) is 0.410. The Kier molecular flexibility index (Phi) is 4.25. The van der Waals surface area contributed by atoms with E-state index in [1.165, 1.54) is 4.90 Å². The van der Waals surface area contributed by atoms with Gasteiger partial charge in [-0.1, -0.05) is 42.5 Å². The summed E-state index contributed by atoms with van der Waals surface area (Å²) in [6.07, 6.45) is -0.489. The molecule has 1 aliphatic heterocycles. The Morgan fingerprint density at radius 3 is 2.55 bits per heavy atom. The number of aliphatic hydroxyl groups excluding tert-OH is 1. The van der Waals surface area contributed by atoms with Crippen molar-refractivity contribution in [1.82, 2.24) is 4.90 Å². The van der Waals surface area contributed by atoms with Crippen molar-refractivity contribution >= 4 is 6.09 Å². The summed E-state index contributed by atoms with van der Waals surface area (Å²) in [4.78, 5) is 12.7. The van der Waals surface area contributed by atoms with Crippen molar-refractivity contribution in [3.8, 4) is 5.75 Å². The Morgan fingerprint density at radius 2 is 1.86 bits per heavy atom. The molecule has 1 aliphatic rings. The Morgan fingerprint density at radius 1 is 1.14 bits per heavy atom. The van der Waals surface area contributed by atoms with E-state index in [-0.39, 0.29) is 19.4 Å². The van der Waals surface area contributed by atoms with Crippen molar-refractivity contribution in [3.63, 3.8) is 0 Å². The zero-order valence-corrected chi connectivity index (χ0v) is 12.0. The van der Waals surface area contributed by atoms with E-state index in [9.17, 15) is 9.90 Å². The molecule has 1 N–H and O–H groups in total. The minimum Gasteiger partial charge on any atom is -0.489 e. The summed E-state index contributed by atoms with van der Waals surface area (Å²) in [6, 6.07) is 17.2. The normalized spacial score (nSPS) is 17.4. The molecule has 3 rings (SSSR count). The summed E-state index contributed by atoms with van der Waals surface area (Å²) in [7, 11) is 0. The monoisotopic (exact) mass is 299 g/mol. The van der Waals surface area contributed by atoms with Crippen molar-refractivity contribution in [2.24, 2.45) is 0 Å². The second-order valence-corrected chi connectivity index (χ2v) is 5.05. The topological polar surface area (TPSA) is 59.0 Å². The smallest absolute Gasteiger partial charge is 0.412 e. The Balaban J connectivity index is 1.64. The zero-order valence-electron chi connectivity index (χ0n) is 12.0.